The molecule has 4 rings (SSSR count). The summed E-state index contributed by atoms with van der Waals surface area (Å²) in [5, 5.41) is 0. The molecule has 0 saturated heterocycles. The maximum Gasteiger partial charge on any atom is 0.339 e. The van der Waals surface area contributed by atoms with Gasteiger partial charge in [-0.25, -0.2) is 4.79 Å². The van der Waals surface area contributed by atoms with Gasteiger partial charge in [-0.15, -0.1) is 0 Å². The third kappa shape index (κ3) is 4.36. The number of hydrogen-bond acceptors (Lipinski definition) is 3. The number of ether oxygens (including phenoxy) is 1. The normalized spacial score (nSPS) is 10.4. The van der Waals surface area contributed by atoms with E-state index < -0.39 is 5.97 Å². The molecule has 0 aromatic heterocycles. The second-order valence-corrected chi connectivity index (χ2v) is 6.88. The average molecular weight is 392 g/mol. The molecule has 30 heavy (non-hydrogen) atoms. The van der Waals surface area contributed by atoms with Crippen LogP contribution in [-0.4, -0.2) is 11.8 Å². The summed E-state index contributed by atoms with van der Waals surface area (Å²) in [5.41, 5.74) is 4.14. The van der Waals surface area contributed by atoms with E-state index in [0.717, 1.165) is 16.7 Å². The molecule has 3 nitrogen and oxygen atoms in total. The Balaban J connectivity index is 1.54. The molecular formula is C27H20O3. The van der Waals surface area contributed by atoms with E-state index in [2.05, 4.69) is 0 Å². The van der Waals surface area contributed by atoms with Gasteiger partial charge < -0.3 is 4.74 Å². The first-order valence-corrected chi connectivity index (χ1v) is 9.72. The number of carbonyl (C=O) groups excluding carboxylic acids is 2. The molecule has 0 atom stereocenters. The van der Waals surface area contributed by atoms with Crippen LogP contribution < -0.4 is 0 Å². The Labute approximate surface area is 175 Å². The van der Waals surface area contributed by atoms with E-state index >= 15 is 0 Å². The van der Waals surface area contributed by atoms with Gasteiger partial charge in [0.25, 0.3) is 0 Å². The lowest BCUT2D eigenvalue weighted by Gasteiger charge is -2.10. The molecule has 0 bridgehead atoms. The van der Waals surface area contributed by atoms with Gasteiger partial charge in [-0.1, -0.05) is 103 Å². The molecule has 0 unspecified atom stereocenters. The summed E-state index contributed by atoms with van der Waals surface area (Å²) in [6, 6.07) is 33.6. The first-order valence-electron chi connectivity index (χ1n) is 9.72. The maximum absolute atomic E-state index is 13.1. The second kappa shape index (κ2) is 9.01. The van der Waals surface area contributed by atoms with Crippen LogP contribution >= 0.6 is 0 Å². The van der Waals surface area contributed by atoms with Gasteiger partial charge in [0.15, 0.2) is 5.78 Å². The zero-order valence-electron chi connectivity index (χ0n) is 16.3. The molecule has 0 aliphatic carbocycles. The van der Waals surface area contributed by atoms with Gasteiger partial charge in [-0.05, 0) is 22.8 Å². The third-order valence-electron chi connectivity index (χ3n) is 4.86. The molecule has 0 spiro atoms. The van der Waals surface area contributed by atoms with E-state index in [0.29, 0.717) is 11.1 Å². The van der Waals surface area contributed by atoms with Crippen molar-refractivity contribution in [2.75, 3.05) is 0 Å². The predicted octanol–water partition coefficient (Wildman–Crippen LogP) is 5.94. The zero-order chi connectivity index (χ0) is 20.8. The van der Waals surface area contributed by atoms with E-state index in [9.17, 15) is 9.59 Å². The third-order valence-corrected chi connectivity index (χ3v) is 4.86. The Bertz CT molecular complexity index is 1150. The smallest absolute Gasteiger partial charge is 0.339 e. The lowest BCUT2D eigenvalue weighted by molar-refractivity contribution is 0.0470. The highest BCUT2D eigenvalue weighted by molar-refractivity contribution is 6.14. The number of rotatable bonds is 6. The minimum absolute atomic E-state index is 0.161. The number of carbonyl (C=O) groups is 2. The molecule has 0 aliphatic rings. The fraction of sp³-hybridized carbons (Fsp3) is 0.0370. The first-order chi connectivity index (χ1) is 14.7. The minimum Gasteiger partial charge on any atom is -0.457 e. The minimum atomic E-state index is -0.510. The van der Waals surface area contributed by atoms with Gasteiger partial charge >= 0.3 is 5.97 Å². The van der Waals surface area contributed by atoms with E-state index in [1.54, 1.807) is 36.4 Å². The summed E-state index contributed by atoms with van der Waals surface area (Å²) in [7, 11) is 0. The standard InChI is InChI=1S/C27H20O3/c28-26(23-17-15-22(16-18-23)21-11-5-2-6-12-21)24-13-7-8-14-25(24)27(29)30-19-20-9-3-1-4-10-20/h1-18H,19H2. The fourth-order valence-electron chi connectivity index (χ4n) is 3.26. The van der Waals surface area contributed by atoms with Crippen molar-refractivity contribution < 1.29 is 14.3 Å². The van der Waals surface area contributed by atoms with Gasteiger partial charge in [-0.2, -0.15) is 0 Å². The Kier molecular flexibility index (Phi) is 5.81. The molecule has 0 heterocycles. The topological polar surface area (TPSA) is 43.4 Å². The molecule has 0 fully saturated rings. The van der Waals surface area contributed by atoms with Crippen LogP contribution in [0.15, 0.2) is 109 Å². The van der Waals surface area contributed by atoms with Crippen molar-refractivity contribution in [2.24, 2.45) is 0 Å². The van der Waals surface area contributed by atoms with Crippen molar-refractivity contribution in [1.82, 2.24) is 0 Å². The summed E-state index contributed by atoms with van der Waals surface area (Å²) in [5.74, 6) is -0.717. The lowest BCUT2D eigenvalue weighted by Crippen LogP contribution is -2.12. The fourth-order valence-corrected chi connectivity index (χ4v) is 3.26. The molecular weight excluding hydrogens is 372 g/mol. The van der Waals surface area contributed by atoms with Gasteiger partial charge in [0.2, 0.25) is 0 Å². The average Bonchev–Trinajstić information content (AvgIpc) is 2.83. The van der Waals surface area contributed by atoms with Crippen LogP contribution in [-0.2, 0) is 11.3 Å². The number of esters is 1. The quantitative estimate of drug-likeness (QED) is 0.301. The highest BCUT2D eigenvalue weighted by atomic mass is 16.5. The van der Waals surface area contributed by atoms with Crippen molar-refractivity contribution in [3.05, 3.63) is 131 Å². The highest BCUT2D eigenvalue weighted by Gasteiger charge is 2.19. The molecule has 0 radical (unpaired) electrons. The van der Waals surface area contributed by atoms with Gasteiger partial charge in [0.1, 0.15) is 6.61 Å². The predicted molar refractivity (Wildman–Crippen MR) is 117 cm³/mol. The van der Waals surface area contributed by atoms with E-state index in [-0.39, 0.29) is 18.0 Å². The summed E-state index contributed by atoms with van der Waals surface area (Å²) in [6.45, 7) is 0.161. The SMILES string of the molecule is O=C(OCc1ccccc1)c1ccccc1C(=O)c1ccc(-c2ccccc2)cc1. The molecule has 146 valence electrons. The monoisotopic (exact) mass is 392 g/mol. The Morgan fingerprint density at radius 2 is 1.10 bits per heavy atom. The number of benzene rings is 4. The molecule has 4 aromatic rings. The van der Waals surface area contributed by atoms with Gasteiger partial charge in [0.05, 0.1) is 5.56 Å². The number of ketones is 1. The zero-order valence-corrected chi connectivity index (χ0v) is 16.3. The first kappa shape index (κ1) is 19.3. The Morgan fingerprint density at radius 3 is 1.77 bits per heavy atom. The van der Waals surface area contributed by atoms with Crippen LogP contribution in [0.2, 0.25) is 0 Å². The molecule has 0 aliphatic heterocycles. The van der Waals surface area contributed by atoms with Crippen molar-refractivity contribution >= 4 is 11.8 Å². The molecule has 0 saturated carbocycles. The number of hydrogen-bond donors (Lipinski definition) is 0. The van der Waals surface area contributed by atoms with Crippen molar-refractivity contribution in [3.8, 4) is 11.1 Å². The van der Waals surface area contributed by atoms with Crippen LogP contribution in [0, 0.1) is 0 Å². The van der Waals surface area contributed by atoms with Crippen LogP contribution in [0.25, 0.3) is 11.1 Å². The molecule has 4 aromatic carbocycles. The van der Waals surface area contributed by atoms with Crippen LogP contribution in [0.1, 0.15) is 31.8 Å². The van der Waals surface area contributed by atoms with Crippen LogP contribution in [0.3, 0.4) is 0 Å². The van der Waals surface area contributed by atoms with E-state index in [4.69, 9.17) is 4.74 Å². The van der Waals surface area contributed by atoms with Gasteiger partial charge in [-0.3, -0.25) is 4.79 Å². The van der Waals surface area contributed by atoms with Crippen molar-refractivity contribution in [1.29, 1.82) is 0 Å². The molecule has 0 amide bonds. The molecule has 0 N–H and O–H groups in total. The summed E-state index contributed by atoms with van der Waals surface area (Å²) in [6.07, 6.45) is 0. The highest BCUT2D eigenvalue weighted by Crippen LogP contribution is 2.22. The van der Waals surface area contributed by atoms with Crippen LogP contribution in [0.4, 0.5) is 0 Å². The largest absolute Gasteiger partial charge is 0.457 e. The van der Waals surface area contributed by atoms with E-state index in [1.807, 2.05) is 72.8 Å². The summed E-state index contributed by atoms with van der Waals surface area (Å²) >= 11 is 0. The lowest BCUT2D eigenvalue weighted by atomic mass is 9.96. The Hall–Kier alpha value is -3.98. The summed E-state index contributed by atoms with van der Waals surface area (Å²) in [4.78, 5) is 25.7. The van der Waals surface area contributed by atoms with E-state index in [1.165, 1.54) is 0 Å². The second-order valence-electron chi connectivity index (χ2n) is 6.88. The maximum atomic E-state index is 13.1. The van der Waals surface area contributed by atoms with Crippen molar-refractivity contribution in [2.45, 2.75) is 6.61 Å². The van der Waals surface area contributed by atoms with Crippen molar-refractivity contribution in [3.63, 3.8) is 0 Å². The van der Waals surface area contributed by atoms with Gasteiger partial charge in [0, 0.05) is 11.1 Å². The van der Waals surface area contributed by atoms with Crippen LogP contribution in [0.5, 0.6) is 0 Å². The summed E-state index contributed by atoms with van der Waals surface area (Å²) < 4.78 is 5.43. The Morgan fingerprint density at radius 1 is 0.567 bits per heavy atom. The molecule has 3 heteroatoms.